The van der Waals surface area contributed by atoms with Gasteiger partial charge in [-0.3, -0.25) is 0 Å². The highest BCUT2D eigenvalue weighted by molar-refractivity contribution is 5.40. The molecule has 94 valence electrons. The van der Waals surface area contributed by atoms with E-state index in [1.165, 1.54) is 23.1 Å². The van der Waals surface area contributed by atoms with Crippen LogP contribution in [0.25, 0.3) is 0 Å². The van der Waals surface area contributed by atoms with Gasteiger partial charge in [0.2, 0.25) is 0 Å². The SMILES string of the molecule is Cc1cc(C(C)C)ccc1C1CC1c1ccco1. The Morgan fingerprint density at radius 3 is 2.61 bits per heavy atom. The molecule has 1 aliphatic carbocycles. The van der Waals surface area contributed by atoms with Gasteiger partial charge < -0.3 is 4.42 Å². The van der Waals surface area contributed by atoms with E-state index in [1.54, 1.807) is 6.26 Å². The summed E-state index contributed by atoms with van der Waals surface area (Å²) in [6, 6.07) is 11.0. The summed E-state index contributed by atoms with van der Waals surface area (Å²) in [7, 11) is 0. The van der Waals surface area contributed by atoms with Crippen LogP contribution in [0.4, 0.5) is 0 Å². The molecule has 1 heterocycles. The maximum atomic E-state index is 5.51. The number of rotatable bonds is 3. The van der Waals surface area contributed by atoms with Crippen LogP contribution in [0.5, 0.6) is 0 Å². The average molecular weight is 240 g/mol. The topological polar surface area (TPSA) is 13.1 Å². The second-order valence-electron chi connectivity index (χ2n) is 5.73. The van der Waals surface area contributed by atoms with Crippen LogP contribution >= 0.6 is 0 Å². The molecule has 0 saturated heterocycles. The minimum Gasteiger partial charge on any atom is -0.469 e. The van der Waals surface area contributed by atoms with Crippen molar-refractivity contribution in [1.29, 1.82) is 0 Å². The Bertz CT molecular complexity index is 537. The van der Waals surface area contributed by atoms with Gasteiger partial charge in [0.15, 0.2) is 0 Å². The van der Waals surface area contributed by atoms with Crippen LogP contribution in [-0.2, 0) is 0 Å². The first-order valence-corrected chi connectivity index (χ1v) is 6.80. The van der Waals surface area contributed by atoms with Crippen molar-refractivity contribution < 1.29 is 4.42 Å². The van der Waals surface area contributed by atoms with Gasteiger partial charge in [0.25, 0.3) is 0 Å². The molecule has 18 heavy (non-hydrogen) atoms. The molecule has 1 aromatic heterocycles. The standard InChI is InChI=1S/C17H20O/c1-11(2)13-6-7-14(12(3)9-13)15-10-16(15)17-5-4-8-18-17/h4-9,11,15-16H,10H2,1-3H3. The van der Waals surface area contributed by atoms with E-state index in [2.05, 4.69) is 45.0 Å². The Kier molecular flexibility index (Phi) is 2.77. The van der Waals surface area contributed by atoms with Crippen LogP contribution in [0, 0.1) is 6.92 Å². The fraction of sp³-hybridized carbons (Fsp3) is 0.412. The summed E-state index contributed by atoms with van der Waals surface area (Å²) in [5.74, 6) is 3.02. The maximum absolute atomic E-state index is 5.51. The predicted octanol–water partition coefficient (Wildman–Crippen LogP) is 4.98. The fourth-order valence-corrected chi connectivity index (χ4v) is 2.83. The quantitative estimate of drug-likeness (QED) is 0.737. The van der Waals surface area contributed by atoms with Crippen LogP contribution in [0.2, 0.25) is 0 Å². The molecule has 0 N–H and O–H groups in total. The van der Waals surface area contributed by atoms with Crippen molar-refractivity contribution in [3.8, 4) is 0 Å². The number of hydrogen-bond donors (Lipinski definition) is 0. The van der Waals surface area contributed by atoms with Crippen molar-refractivity contribution in [2.75, 3.05) is 0 Å². The molecule has 3 rings (SSSR count). The highest BCUT2D eigenvalue weighted by Crippen LogP contribution is 2.55. The highest BCUT2D eigenvalue weighted by atomic mass is 16.3. The predicted molar refractivity (Wildman–Crippen MR) is 74.1 cm³/mol. The smallest absolute Gasteiger partial charge is 0.107 e. The van der Waals surface area contributed by atoms with E-state index in [1.807, 2.05) is 6.07 Å². The molecule has 2 unspecified atom stereocenters. The Morgan fingerprint density at radius 2 is 2.00 bits per heavy atom. The van der Waals surface area contributed by atoms with Gasteiger partial charge in [-0.1, -0.05) is 32.0 Å². The van der Waals surface area contributed by atoms with E-state index in [4.69, 9.17) is 4.42 Å². The van der Waals surface area contributed by atoms with Gasteiger partial charge in [-0.2, -0.15) is 0 Å². The van der Waals surface area contributed by atoms with Crippen molar-refractivity contribution in [1.82, 2.24) is 0 Å². The largest absolute Gasteiger partial charge is 0.469 e. The lowest BCUT2D eigenvalue weighted by molar-refractivity contribution is 0.509. The fourth-order valence-electron chi connectivity index (χ4n) is 2.83. The van der Waals surface area contributed by atoms with Crippen molar-refractivity contribution in [2.45, 2.75) is 44.9 Å². The molecule has 0 amide bonds. The Balaban J connectivity index is 1.83. The average Bonchev–Trinajstić information content (AvgIpc) is 2.94. The lowest BCUT2D eigenvalue weighted by atomic mass is 9.95. The number of aryl methyl sites for hydroxylation is 1. The molecule has 0 bridgehead atoms. The summed E-state index contributed by atoms with van der Waals surface area (Å²) >= 11 is 0. The first-order chi connectivity index (χ1) is 8.66. The Labute approximate surface area is 109 Å². The van der Waals surface area contributed by atoms with Gasteiger partial charge in [0.1, 0.15) is 5.76 Å². The zero-order chi connectivity index (χ0) is 12.7. The summed E-state index contributed by atoms with van der Waals surface area (Å²) in [5, 5.41) is 0. The van der Waals surface area contributed by atoms with E-state index < -0.39 is 0 Å². The van der Waals surface area contributed by atoms with Crippen molar-refractivity contribution in [3.05, 3.63) is 59.0 Å². The van der Waals surface area contributed by atoms with Crippen LogP contribution in [0.1, 0.15) is 60.5 Å². The summed E-state index contributed by atoms with van der Waals surface area (Å²) in [6.07, 6.45) is 3.01. The molecule has 0 radical (unpaired) electrons. The first-order valence-electron chi connectivity index (χ1n) is 6.80. The van der Waals surface area contributed by atoms with E-state index >= 15 is 0 Å². The normalized spacial score (nSPS) is 22.4. The maximum Gasteiger partial charge on any atom is 0.107 e. The minimum absolute atomic E-state index is 0.601. The zero-order valence-electron chi connectivity index (χ0n) is 11.3. The van der Waals surface area contributed by atoms with Gasteiger partial charge in [0.05, 0.1) is 6.26 Å². The third kappa shape index (κ3) is 1.98. The van der Waals surface area contributed by atoms with E-state index in [0.29, 0.717) is 17.8 Å². The molecule has 2 atom stereocenters. The number of benzene rings is 1. The van der Waals surface area contributed by atoms with Crippen LogP contribution in [0.15, 0.2) is 41.0 Å². The molecular weight excluding hydrogens is 220 g/mol. The summed E-state index contributed by atoms with van der Waals surface area (Å²) in [4.78, 5) is 0. The van der Waals surface area contributed by atoms with Crippen LogP contribution in [-0.4, -0.2) is 0 Å². The van der Waals surface area contributed by atoms with E-state index in [9.17, 15) is 0 Å². The molecule has 1 aliphatic rings. The molecule has 2 aromatic rings. The zero-order valence-corrected chi connectivity index (χ0v) is 11.3. The summed E-state index contributed by atoms with van der Waals surface area (Å²) < 4.78 is 5.51. The molecule has 1 fully saturated rings. The second kappa shape index (κ2) is 4.31. The highest BCUT2D eigenvalue weighted by Gasteiger charge is 2.42. The van der Waals surface area contributed by atoms with Gasteiger partial charge in [-0.15, -0.1) is 0 Å². The Morgan fingerprint density at radius 1 is 1.17 bits per heavy atom. The summed E-state index contributed by atoms with van der Waals surface area (Å²) in [5.41, 5.74) is 4.37. The molecule has 1 nitrogen and oxygen atoms in total. The second-order valence-corrected chi connectivity index (χ2v) is 5.73. The molecule has 0 aliphatic heterocycles. The van der Waals surface area contributed by atoms with Gasteiger partial charge in [-0.05, 0) is 54.0 Å². The molecule has 1 saturated carbocycles. The molecule has 1 aromatic carbocycles. The van der Waals surface area contributed by atoms with E-state index in [0.717, 1.165) is 5.76 Å². The van der Waals surface area contributed by atoms with Gasteiger partial charge >= 0.3 is 0 Å². The van der Waals surface area contributed by atoms with Crippen molar-refractivity contribution in [3.63, 3.8) is 0 Å². The molecule has 0 spiro atoms. The van der Waals surface area contributed by atoms with Crippen LogP contribution in [0.3, 0.4) is 0 Å². The van der Waals surface area contributed by atoms with E-state index in [-0.39, 0.29) is 0 Å². The van der Waals surface area contributed by atoms with Gasteiger partial charge in [-0.25, -0.2) is 0 Å². The monoisotopic (exact) mass is 240 g/mol. The Hall–Kier alpha value is -1.50. The lowest BCUT2D eigenvalue weighted by Crippen LogP contribution is -1.93. The summed E-state index contributed by atoms with van der Waals surface area (Å²) in [6.45, 7) is 6.73. The van der Waals surface area contributed by atoms with Crippen molar-refractivity contribution in [2.24, 2.45) is 0 Å². The van der Waals surface area contributed by atoms with Crippen LogP contribution < -0.4 is 0 Å². The first kappa shape index (κ1) is 11.6. The molecular formula is C17H20O. The van der Waals surface area contributed by atoms with Gasteiger partial charge in [0, 0.05) is 5.92 Å². The minimum atomic E-state index is 0.601. The lowest BCUT2D eigenvalue weighted by Gasteiger charge is -2.10. The molecule has 1 heteroatoms. The third-order valence-electron chi connectivity index (χ3n) is 4.06. The van der Waals surface area contributed by atoms with Crippen molar-refractivity contribution >= 4 is 0 Å². The number of furan rings is 1. The number of hydrogen-bond acceptors (Lipinski definition) is 1. The third-order valence-corrected chi connectivity index (χ3v) is 4.06.